The maximum atomic E-state index is 13.5. The number of halogens is 2. The number of carbonyl (C=O) groups excluding carboxylic acids is 1. The fraction of sp³-hybridized carbons (Fsp3) is 0.933. The van der Waals surface area contributed by atoms with Crippen molar-refractivity contribution in [3.8, 4) is 0 Å². The van der Waals surface area contributed by atoms with Crippen LogP contribution in [0.5, 0.6) is 0 Å². The molecule has 0 amide bonds. The lowest BCUT2D eigenvalue weighted by Gasteiger charge is -2.57. The van der Waals surface area contributed by atoms with Gasteiger partial charge >= 0.3 is 11.2 Å². The van der Waals surface area contributed by atoms with Gasteiger partial charge in [-0.15, -0.1) is 0 Å². The number of rotatable bonds is 6. The van der Waals surface area contributed by atoms with Crippen LogP contribution in [0.4, 0.5) is 8.78 Å². The highest BCUT2D eigenvalue weighted by molar-refractivity contribution is 7.87. The minimum absolute atomic E-state index is 0.0631. The van der Waals surface area contributed by atoms with Gasteiger partial charge in [-0.1, -0.05) is 0 Å². The number of ether oxygens (including phenoxy) is 3. The number of carbonyl (C=O) groups is 1. The fourth-order valence-electron chi connectivity index (χ4n) is 4.92. The molecule has 0 aromatic rings. The topological polar surface area (TPSA) is 105 Å². The van der Waals surface area contributed by atoms with Gasteiger partial charge in [0.25, 0.3) is 0 Å². The van der Waals surface area contributed by atoms with E-state index in [0.29, 0.717) is 37.9 Å². The maximum Gasteiger partial charge on any atom is 0.428 e. The number of hydrogen-bond acceptors (Lipinski definition) is 7. The number of epoxide rings is 1. The molecule has 5 aliphatic rings. The second-order valence-corrected chi connectivity index (χ2v) is 9.01. The van der Waals surface area contributed by atoms with Gasteiger partial charge in [0.15, 0.2) is 10.1 Å². The summed E-state index contributed by atoms with van der Waals surface area (Å²) in [5.74, 6) is -1.87. The van der Waals surface area contributed by atoms with E-state index in [-0.39, 0.29) is 24.0 Å². The molecule has 4 bridgehead atoms. The molecule has 5 fully saturated rings. The van der Waals surface area contributed by atoms with E-state index in [0.717, 1.165) is 12.8 Å². The van der Waals surface area contributed by atoms with E-state index in [1.54, 1.807) is 0 Å². The molecule has 4 aliphatic carbocycles. The van der Waals surface area contributed by atoms with Crippen LogP contribution < -0.4 is 0 Å². The van der Waals surface area contributed by atoms with E-state index < -0.39 is 27.4 Å². The summed E-state index contributed by atoms with van der Waals surface area (Å²) in [5.41, 5.74) is 0. The summed E-state index contributed by atoms with van der Waals surface area (Å²) in [5, 5.41) is -5.07. The first-order valence-electron chi connectivity index (χ1n) is 8.44. The van der Waals surface area contributed by atoms with Crippen molar-refractivity contribution >= 4 is 16.1 Å². The largest absolute Gasteiger partial charge is 0.743 e. The highest BCUT2D eigenvalue weighted by Gasteiger charge is 2.58. The lowest BCUT2D eigenvalue weighted by Crippen LogP contribution is -2.59. The van der Waals surface area contributed by atoms with Crippen LogP contribution in [0.3, 0.4) is 0 Å². The highest BCUT2D eigenvalue weighted by Crippen LogP contribution is 2.56. The molecule has 7 unspecified atom stereocenters. The van der Waals surface area contributed by atoms with Crippen LogP contribution >= 0.6 is 0 Å². The summed E-state index contributed by atoms with van der Waals surface area (Å²) in [7, 11) is -6.11. The lowest BCUT2D eigenvalue weighted by molar-refractivity contribution is -0.212. The van der Waals surface area contributed by atoms with Crippen LogP contribution in [-0.4, -0.2) is 55.7 Å². The molecule has 0 spiro atoms. The lowest BCUT2D eigenvalue weighted by atomic mass is 9.53. The predicted molar refractivity (Wildman–Crippen MR) is 76.4 cm³/mol. The van der Waals surface area contributed by atoms with Crippen molar-refractivity contribution < 1.29 is 40.8 Å². The van der Waals surface area contributed by atoms with Gasteiger partial charge in [0.2, 0.25) is 0 Å². The Morgan fingerprint density at radius 1 is 1.16 bits per heavy atom. The molecule has 0 aromatic heterocycles. The van der Waals surface area contributed by atoms with Crippen LogP contribution in [0, 0.1) is 23.7 Å². The van der Waals surface area contributed by atoms with E-state index in [1.165, 1.54) is 0 Å². The minimum Gasteiger partial charge on any atom is -0.743 e. The molecule has 5 rings (SSSR count). The molecule has 0 radical (unpaired) electrons. The summed E-state index contributed by atoms with van der Waals surface area (Å²) < 4.78 is 74.8. The average Bonchev–Trinajstić information content (AvgIpc) is 3.32. The van der Waals surface area contributed by atoms with Crippen molar-refractivity contribution in [1.82, 2.24) is 0 Å². The van der Waals surface area contributed by atoms with E-state index in [9.17, 15) is 26.5 Å². The molecule has 25 heavy (non-hydrogen) atoms. The first kappa shape index (κ1) is 17.6. The van der Waals surface area contributed by atoms with Crippen molar-refractivity contribution in [2.24, 2.45) is 23.7 Å². The maximum absolute atomic E-state index is 13.5. The van der Waals surface area contributed by atoms with Gasteiger partial charge in [-0.2, -0.15) is 8.78 Å². The average molecular weight is 381 g/mol. The number of hydrogen-bond donors (Lipinski definition) is 0. The standard InChI is InChI=1S/C15H20F2O7S/c16-15(17,25(19,20)21)14(18)24-13-9-2-7-1-8(4-9)12(11(13)3-7)23-6-10-5-22-10/h7-13H,1-6H2,(H,19,20,21)/p-1. The Kier molecular flexibility index (Phi) is 4.10. The minimum atomic E-state index is -6.11. The molecule has 0 N–H and O–H groups in total. The van der Waals surface area contributed by atoms with Crippen LogP contribution in [0.25, 0.3) is 0 Å². The van der Waals surface area contributed by atoms with Crippen molar-refractivity contribution in [3.63, 3.8) is 0 Å². The van der Waals surface area contributed by atoms with Crippen LogP contribution in [0.15, 0.2) is 0 Å². The predicted octanol–water partition coefficient (Wildman–Crippen LogP) is 0.886. The number of alkyl halides is 2. The van der Waals surface area contributed by atoms with Gasteiger partial charge in [-0.3, -0.25) is 0 Å². The van der Waals surface area contributed by atoms with Crippen molar-refractivity contribution in [2.75, 3.05) is 13.2 Å². The van der Waals surface area contributed by atoms with Gasteiger partial charge in [0.1, 0.15) is 12.2 Å². The normalized spacial score (nSPS) is 42.4. The van der Waals surface area contributed by atoms with Crippen LogP contribution in [-0.2, 0) is 29.1 Å². The number of esters is 1. The molecular formula is C15H19F2O7S-. The zero-order valence-corrected chi connectivity index (χ0v) is 14.1. The van der Waals surface area contributed by atoms with Gasteiger partial charge < -0.3 is 18.8 Å². The molecule has 0 aromatic carbocycles. The van der Waals surface area contributed by atoms with E-state index in [1.807, 2.05) is 0 Å². The van der Waals surface area contributed by atoms with Gasteiger partial charge in [-0.25, -0.2) is 13.2 Å². The van der Waals surface area contributed by atoms with E-state index in [2.05, 4.69) is 0 Å². The molecule has 1 saturated heterocycles. The Hall–Kier alpha value is -0.840. The monoisotopic (exact) mass is 381 g/mol. The van der Waals surface area contributed by atoms with Crippen molar-refractivity contribution in [1.29, 1.82) is 0 Å². The molecule has 142 valence electrons. The second-order valence-electron chi connectivity index (χ2n) is 7.59. The Labute approximate surface area is 143 Å². The van der Waals surface area contributed by atoms with Crippen LogP contribution in [0.1, 0.15) is 25.7 Å². The third kappa shape index (κ3) is 3.07. The second kappa shape index (κ2) is 5.83. The smallest absolute Gasteiger partial charge is 0.428 e. The quantitative estimate of drug-likeness (QED) is 0.382. The van der Waals surface area contributed by atoms with Gasteiger partial charge in [0.05, 0.1) is 19.3 Å². The van der Waals surface area contributed by atoms with Gasteiger partial charge in [0, 0.05) is 5.92 Å². The summed E-state index contributed by atoms with van der Waals surface area (Å²) in [6.07, 6.45) is 2.17. The SMILES string of the molecule is O=C(OC1C2CC3CC(C2)C(OCC2CO2)C1C3)C(F)(F)S(=O)(=O)[O-]. The molecular weight excluding hydrogens is 362 g/mol. The molecule has 1 heterocycles. The molecule has 1 aliphatic heterocycles. The first-order valence-corrected chi connectivity index (χ1v) is 9.85. The van der Waals surface area contributed by atoms with Crippen LogP contribution in [0.2, 0.25) is 0 Å². The molecule has 4 saturated carbocycles. The molecule has 7 nitrogen and oxygen atoms in total. The van der Waals surface area contributed by atoms with E-state index in [4.69, 9.17) is 14.2 Å². The van der Waals surface area contributed by atoms with Gasteiger partial charge in [-0.05, 0) is 43.4 Å². The summed E-state index contributed by atoms with van der Waals surface area (Å²) in [6, 6.07) is 0. The van der Waals surface area contributed by atoms with Crippen molar-refractivity contribution in [2.45, 2.75) is 49.2 Å². The Bertz CT molecular complexity index is 663. The van der Waals surface area contributed by atoms with Crippen molar-refractivity contribution in [3.05, 3.63) is 0 Å². The molecule has 7 atom stereocenters. The third-order valence-electron chi connectivity index (χ3n) is 5.93. The highest BCUT2D eigenvalue weighted by atomic mass is 32.2. The zero-order chi connectivity index (χ0) is 18.0. The third-order valence-corrected chi connectivity index (χ3v) is 6.72. The molecule has 10 heteroatoms. The van der Waals surface area contributed by atoms with E-state index >= 15 is 0 Å². The summed E-state index contributed by atoms with van der Waals surface area (Å²) >= 11 is 0. The Morgan fingerprint density at radius 3 is 2.40 bits per heavy atom. The summed E-state index contributed by atoms with van der Waals surface area (Å²) in [6.45, 7) is 1.05. The fourth-order valence-corrected chi connectivity index (χ4v) is 5.17. The Balaban J connectivity index is 1.49. The Morgan fingerprint density at radius 2 is 1.80 bits per heavy atom. The first-order chi connectivity index (χ1) is 11.7. The summed E-state index contributed by atoms with van der Waals surface area (Å²) in [4.78, 5) is 11.7. The zero-order valence-electron chi connectivity index (χ0n) is 13.3.